The van der Waals surface area contributed by atoms with Gasteiger partial charge < -0.3 is 26.6 Å². The molecule has 0 bridgehead atoms. The van der Waals surface area contributed by atoms with Crippen molar-refractivity contribution in [1.82, 2.24) is 14.5 Å². The average molecular weight is 738 g/mol. The van der Waals surface area contributed by atoms with Crippen molar-refractivity contribution in [2.45, 2.75) is 88.4 Å². The minimum atomic E-state index is -4.53. The molecule has 0 spiro atoms. The number of hydrogen-bond acceptors (Lipinski definition) is 10. The van der Waals surface area contributed by atoms with E-state index in [0.29, 0.717) is 47.7 Å². The lowest BCUT2D eigenvalue weighted by Gasteiger charge is -2.34. The van der Waals surface area contributed by atoms with E-state index in [1.807, 2.05) is 0 Å². The first-order valence-corrected chi connectivity index (χ1v) is 18.9. The van der Waals surface area contributed by atoms with E-state index in [9.17, 15) is 32.7 Å². The van der Waals surface area contributed by atoms with Crippen LogP contribution in [0.2, 0.25) is 0 Å². The average Bonchev–Trinajstić information content (AvgIpc) is 3.13. The van der Waals surface area contributed by atoms with Gasteiger partial charge in [-0.15, -0.1) is 0 Å². The summed E-state index contributed by atoms with van der Waals surface area (Å²) in [6, 6.07) is 19.5. The Balaban J connectivity index is 2.07. The Labute approximate surface area is 306 Å². The maximum absolute atomic E-state index is 14.6. The number of nitrogens with two attached hydrogens (primary N) is 2. The SMILES string of the molecule is CC(=O)N([C@H](CCCCN)C(=O)N[C@@H](Cc1ccccc1)C(=O)N(C(=O)OCc1ccccc1)[C@H](CO)CCCCN)S(=O)(=O)c1ccc(C)cc1. The van der Waals surface area contributed by atoms with E-state index in [0.717, 1.165) is 17.4 Å². The third-order valence-corrected chi connectivity index (χ3v) is 10.4. The number of carbonyl (C=O) groups excluding carboxylic acids is 4. The van der Waals surface area contributed by atoms with Gasteiger partial charge in [0.2, 0.25) is 11.8 Å². The molecule has 13 nitrogen and oxygen atoms in total. The summed E-state index contributed by atoms with van der Waals surface area (Å²) in [6.45, 7) is 2.72. The van der Waals surface area contributed by atoms with E-state index in [1.54, 1.807) is 79.7 Å². The second-order valence-corrected chi connectivity index (χ2v) is 14.4. The van der Waals surface area contributed by atoms with Gasteiger partial charge in [-0.1, -0.05) is 84.8 Å². The van der Waals surface area contributed by atoms with Gasteiger partial charge in [-0.25, -0.2) is 22.4 Å². The molecule has 6 N–H and O–H groups in total. The molecule has 0 heterocycles. The van der Waals surface area contributed by atoms with Crippen LogP contribution < -0.4 is 16.8 Å². The van der Waals surface area contributed by atoms with Crippen molar-refractivity contribution in [1.29, 1.82) is 0 Å². The first-order chi connectivity index (χ1) is 24.9. The standard InChI is InChI=1S/C38H51N5O8S/c1-28-19-21-33(22-20-28)52(49,50)43(29(2)45)35(18-10-12-24-40)36(46)41-34(25-30-13-5-3-6-14-30)37(47)42(32(26-44)17-9-11-23-39)38(48)51-27-31-15-7-4-8-16-31/h3-8,13-16,19-22,32,34-35,44H,9-12,17-18,23-27,39-40H2,1-2H3,(H,41,46)/t32-,34-,35+/m0/s1. The van der Waals surface area contributed by atoms with Crippen LogP contribution >= 0.6 is 0 Å². The van der Waals surface area contributed by atoms with Crippen LogP contribution in [0.1, 0.15) is 62.1 Å². The molecule has 4 amide bonds. The number of unbranched alkanes of at least 4 members (excludes halogenated alkanes) is 2. The molecular formula is C38H51N5O8S. The molecule has 0 saturated carbocycles. The summed E-state index contributed by atoms with van der Waals surface area (Å²) in [4.78, 5) is 56.4. The van der Waals surface area contributed by atoms with Crippen molar-refractivity contribution in [3.63, 3.8) is 0 Å². The van der Waals surface area contributed by atoms with Crippen LogP contribution in [0.15, 0.2) is 89.8 Å². The van der Waals surface area contributed by atoms with E-state index in [2.05, 4.69) is 5.32 Å². The van der Waals surface area contributed by atoms with Crippen molar-refractivity contribution in [3.05, 3.63) is 102 Å². The number of hydrogen-bond donors (Lipinski definition) is 4. The number of aliphatic hydroxyl groups is 1. The molecule has 0 aliphatic rings. The third-order valence-electron chi connectivity index (χ3n) is 8.51. The number of carbonyl (C=O) groups is 4. The number of aryl methyl sites for hydroxylation is 1. The van der Waals surface area contributed by atoms with Crippen LogP contribution in [0.25, 0.3) is 0 Å². The van der Waals surface area contributed by atoms with Crippen LogP contribution in [-0.4, -0.2) is 84.4 Å². The number of rotatable bonds is 20. The fourth-order valence-corrected chi connectivity index (χ4v) is 7.32. The number of imide groups is 1. The highest BCUT2D eigenvalue weighted by Gasteiger charge is 2.41. The van der Waals surface area contributed by atoms with Gasteiger partial charge in [-0.3, -0.25) is 14.4 Å². The fraction of sp³-hybridized carbons (Fsp3) is 0.421. The zero-order chi connectivity index (χ0) is 38.1. The molecule has 282 valence electrons. The van der Waals surface area contributed by atoms with Gasteiger partial charge in [0, 0.05) is 13.3 Å². The lowest BCUT2D eigenvalue weighted by molar-refractivity contribution is -0.139. The van der Waals surface area contributed by atoms with Gasteiger partial charge in [-0.05, 0) is 75.4 Å². The molecule has 3 rings (SSSR count). The molecule has 0 fully saturated rings. The largest absolute Gasteiger partial charge is 0.444 e. The van der Waals surface area contributed by atoms with Crippen LogP contribution in [0.5, 0.6) is 0 Å². The smallest absolute Gasteiger partial charge is 0.417 e. The number of benzene rings is 3. The van der Waals surface area contributed by atoms with E-state index >= 15 is 0 Å². The van der Waals surface area contributed by atoms with Crippen molar-refractivity contribution in [2.24, 2.45) is 11.5 Å². The van der Waals surface area contributed by atoms with Crippen LogP contribution in [0.3, 0.4) is 0 Å². The highest BCUT2D eigenvalue weighted by molar-refractivity contribution is 7.89. The predicted octanol–water partition coefficient (Wildman–Crippen LogP) is 3.41. The number of amides is 4. The quantitative estimate of drug-likeness (QED) is 0.125. The molecule has 3 atom stereocenters. The van der Waals surface area contributed by atoms with Gasteiger partial charge >= 0.3 is 6.09 Å². The monoisotopic (exact) mass is 737 g/mol. The second-order valence-electron chi connectivity index (χ2n) is 12.6. The van der Waals surface area contributed by atoms with Gasteiger partial charge in [0.25, 0.3) is 15.9 Å². The summed E-state index contributed by atoms with van der Waals surface area (Å²) in [6.07, 6.45) is 0.791. The Bertz CT molecular complexity index is 1690. The summed E-state index contributed by atoms with van der Waals surface area (Å²) >= 11 is 0. The third kappa shape index (κ3) is 12.0. The van der Waals surface area contributed by atoms with Crippen molar-refractivity contribution in [2.75, 3.05) is 19.7 Å². The maximum atomic E-state index is 14.6. The maximum Gasteiger partial charge on any atom is 0.417 e. The molecule has 0 saturated heterocycles. The molecule has 0 unspecified atom stereocenters. The van der Waals surface area contributed by atoms with Gasteiger partial charge in [-0.2, -0.15) is 0 Å². The van der Waals surface area contributed by atoms with Crippen LogP contribution in [-0.2, 0) is 42.2 Å². The highest BCUT2D eigenvalue weighted by Crippen LogP contribution is 2.23. The van der Waals surface area contributed by atoms with Crippen molar-refractivity contribution < 1.29 is 37.4 Å². The molecule has 0 radical (unpaired) electrons. The zero-order valence-electron chi connectivity index (χ0n) is 29.9. The lowest BCUT2D eigenvalue weighted by Crippen LogP contribution is -2.59. The molecule has 3 aromatic carbocycles. The van der Waals surface area contributed by atoms with E-state index in [-0.39, 0.29) is 37.3 Å². The highest BCUT2D eigenvalue weighted by atomic mass is 32.2. The van der Waals surface area contributed by atoms with E-state index in [1.165, 1.54) is 12.1 Å². The number of aliphatic hydroxyl groups excluding tert-OH is 1. The number of nitrogens with one attached hydrogen (secondary N) is 1. The van der Waals surface area contributed by atoms with Crippen LogP contribution in [0.4, 0.5) is 4.79 Å². The Morgan fingerprint density at radius 1 is 0.808 bits per heavy atom. The Morgan fingerprint density at radius 3 is 1.90 bits per heavy atom. The Kier molecular flexibility index (Phi) is 16.9. The molecular weight excluding hydrogens is 687 g/mol. The number of nitrogens with zero attached hydrogens (tertiary/aromatic N) is 2. The van der Waals surface area contributed by atoms with Gasteiger partial charge in [0.15, 0.2) is 0 Å². The zero-order valence-corrected chi connectivity index (χ0v) is 30.7. The first kappa shape index (κ1) is 41.8. The van der Waals surface area contributed by atoms with Gasteiger partial charge in [0.1, 0.15) is 18.7 Å². The lowest BCUT2D eigenvalue weighted by atomic mass is 10.0. The molecule has 3 aromatic rings. The second kappa shape index (κ2) is 21.0. The topological polar surface area (TPSA) is 202 Å². The minimum absolute atomic E-state index is 0.0822. The molecule has 0 aliphatic carbocycles. The molecule has 52 heavy (non-hydrogen) atoms. The molecule has 0 aliphatic heterocycles. The van der Waals surface area contributed by atoms with Crippen molar-refractivity contribution >= 4 is 33.8 Å². The minimum Gasteiger partial charge on any atom is -0.444 e. The first-order valence-electron chi connectivity index (χ1n) is 17.4. The fourth-order valence-electron chi connectivity index (χ4n) is 5.74. The van der Waals surface area contributed by atoms with Crippen LogP contribution in [0, 0.1) is 6.92 Å². The van der Waals surface area contributed by atoms with Crippen molar-refractivity contribution in [3.8, 4) is 0 Å². The number of sulfonamides is 1. The van der Waals surface area contributed by atoms with E-state index in [4.69, 9.17) is 16.2 Å². The molecule has 14 heteroatoms. The summed E-state index contributed by atoms with van der Waals surface area (Å²) in [5.41, 5.74) is 13.5. The Hall–Kier alpha value is -4.63. The normalized spacial score (nSPS) is 13.0. The van der Waals surface area contributed by atoms with Gasteiger partial charge in [0.05, 0.1) is 17.5 Å². The van der Waals surface area contributed by atoms with E-state index < -0.39 is 58.6 Å². The predicted molar refractivity (Wildman–Crippen MR) is 197 cm³/mol. The summed E-state index contributed by atoms with van der Waals surface area (Å²) in [5.74, 6) is -2.69. The Morgan fingerprint density at radius 2 is 1.37 bits per heavy atom. The summed E-state index contributed by atoms with van der Waals surface area (Å²) in [7, 11) is -4.53. The molecule has 0 aromatic heterocycles. The summed E-state index contributed by atoms with van der Waals surface area (Å²) < 4.78 is 34.0. The number of ether oxygens (including phenoxy) is 1. The summed E-state index contributed by atoms with van der Waals surface area (Å²) in [5, 5.41) is 13.1.